The Morgan fingerprint density at radius 3 is 2.41 bits per heavy atom. The highest BCUT2D eigenvalue weighted by atomic mass is 35.5. The van der Waals surface area contributed by atoms with E-state index in [1.807, 2.05) is 24.4 Å². The minimum absolute atomic E-state index is 0.130. The van der Waals surface area contributed by atoms with Crippen molar-refractivity contribution >= 4 is 52.6 Å². The number of nitrogens with zero attached hydrogens (tertiary/aromatic N) is 2. The van der Waals surface area contributed by atoms with Gasteiger partial charge in [-0.15, -0.1) is 0 Å². The van der Waals surface area contributed by atoms with Crippen molar-refractivity contribution < 1.29 is 19.0 Å². The number of hydrogen-bond acceptors (Lipinski definition) is 6. The molecule has 2 rings (SSSR count). The molecule has 0 radical (unpaired) electrons. The topological polar surface area (TPSA) is 62.2 Å². The Balaban J connectivity index is 1.47. The van der Waals surface area contributed by atoms with Crippen LogP contribution in [0.15, 0.2) is 52.3 Å². The summed E-state index contributed by atoms with van der Waals surface area (Å²) in [6, 6.07) is 9.20. The van der Waals surface area contributed by atoms with E-state index in [1.165, 1.54) is 6.08 Å². The monoisotopic (exact) mass is 548 g/mol. The number of aryl methyl sites for hydroxylation is 1. The number of halogens is 4. The summed E-state index contributed by atoms with van der Waals surface area (Å²) in [7, 11) is 0. The number of pyridine rings is 1. The minimum Gasteiger partial charge on any atom is -0.490 e. The van der Waals surface area contributed by atoms with Gasteiger partial charge in [-0.2, -0.15) is 0 Å². The lowest BCUT2D eigenvalue weighted by atomic mass is 10.2. The largest absolute Gasteiger partial charge is 0.490 e. The Hall–Kier alpha value is -1.70. The van der Waals surface area contributed by atoms with Gasteiger partial charge in [0.15, 0.2) is 5.75 Å². The lowest BCUT2D eigenvalue weighted by molar-refractivity contribution is 0.132. The fraction of sp³-hybridized carbons (Fsp3) is 0.417. The summed E-state index contributed by atoms with van der Waals surface area (Å²) in [5.74, 6) is 0.920. The first-order valence-electron chi connectivity index (χ1n) is 10.9. The lowest BCUT2D eigenvalue weighted by Gasteiger charge is -2.12. The zero-order valence-corrected chi connectivity index (χ0v) is 21.8. The van der Waals surface area contributed by atoms with Gasteiger partial charge in [-0.05, 0) is 50.3 Å². The summed E-state index contributed by atoms with van der Waals surface area (Å²) >= 11 is 23.6. The second-order valence-electron chi connectivity index (χ2n) is 7.05. The molecular weight excluding hydrogens is 522 g/mol. The highest BCUT2D eigenvalue weighted by Gasteiger charge is 2.10. The highest BCUT2D eigenvalue weighted by Crippen LogP contribution is 2.37. The zero-order valence-electron chi connectivity index (χ0n) is 18.7. The van der Waals surface area contributed by atoms with Crippen LogP contribution >= 0.6 is 46.4 Å². The number of unbranched alkanes of at least 4 members (excludes halogenated alkanes) is 2. The second kappa shape index (κ2) is 17.7. The van der Waals surface area contributed by atoms with Gasteiger partial charge in [0, 0.05) is 30.6 Å². The van der Waals surface area contributed by atoms with E-state index in [1.54, 1.807) is 18.3 Å². The Bertz CT molecular complexity index is 871. The Labute approximate surface area is 220 Å². The van der Waals surface area contributed by atoms with E-state index in [0.29, 0.717) is 48.0 Å². The first-order chi connectivity index (χ1) is 16.6. The lowest BCUT2D eigenvalue weighted by Crippen LogP contribution is -2.03. The molecule has 0 saturated carbocycles. The van der Waals surface area contributed by atoms with Gasteiger partial charge in [-0.25, -0.2) is 0 Å². The standard InChI is InChI=1S/C24H28Cl4N2O4/c25-21-17-20(32-15-9-23(27)28)18-22(26)24(21)33-13-6-5-12-31-16-11-30-34-14-4-2-8-19-7-1-3-10-29-19/h1,3,7,9-11,17-18H,2,4-6,8,12-16H2. The molecule has 186 valence electrons. The van der Waals surface area contributed by atoms with E-state index in [9.17, 15) is 0 Å². The summed E-state index contributed by atoms with van der Waals surface area (Å²) in [5, 5.41) is 4.63. The molecule has 0 atom stereocenters. The van der Waals surface area contributed by atoms with Gasteiger partial charge in [0.2, 0.25) is 0 Å². The molecule has 34 heavy (non-hydrogen) atoms. The molecular formula is C24H28Cl4N2O4. The average Bonchev–Trinajstić information content (AvgIpc) is 2.81. The van der Waals surface area contributed by atoms with Crippen LogP contribution in [0.1, 0.15) is 31.4 Å². The molecule has 1 heterocycles. The first-order valence-corrected chi connectivity index (χ1v) is 12.4. The van der Waals surface area contributed by atoms with Crippen LogP contribution in [-0.4, -0.2) is 44.2 Å². The molecule has 0 aliphatic rings. The molecule has 6 nitrogen and oxygen atoms in total. The number of hydrogen-bond donors (Lipinski definition) is 0. The number of rotatable bonds is 17. The third-order valence-electron chi connectivity index (χ3n) is 4.37. The predicted molar refractivity (Wildman–Crippen MR) is 139 cm³/mol. The van der Waals surface area contributed by atoms with E-state index in [-0.39, 0.29) is 11.1 Å². The van der Waals surface area contributed by atoms with Gasteiger partial charge in [0.25, 0.3) is 0 Å². The third kappa shape index (κ3) is 12.7. The third-order valence-corrected chi connectivity index (χ3v) is 5.25. The van der Waals surface area contributed by atoms with Crippen molar-refractivity contribution in [3.8, 4) is 11.5 Å². The van der Waals surface area contributed by atoms with E-state index in [4.69, 9.17) is 65.5 Å². The molecule has 0 aliphatic carbocycles. The summed E-state index contributed by atoms with van der Waals surface area (Å²) in [4.78, 5) is 9.52. The van der Waals surface area contributed by atoms with Crippen LogP contribution < -0.4 is 9.47 Å². The van der Waals surface area contributed by atoms with Gasteiger partial charge < -0.3 is 19.0 Å². The quantitative estimate of drug-likeness (QED) is 0.118. The van der Waals surface area contributed by atoms with Gasteiger partial charge in [0.1, 0.15) is 23.5 Å². The summed E-state index contributed by atoms with van der Waals surface area (Å²) in [6.07, 6.45) is 9.45. The molecule has 0 amide bonds. The van der Waals surface area contributed by atoms with Crippen LogP contribution in [0.3, 0.4) is 0 Å². The first kappa shape index (κ1) is 28.5. The summed E-state index contributed by atoms with van der Waals surface area (Å²) in [5.41, 5.74) is 1.10. The molecule has 0 saturated heterocycles. The number of oxime groups is 1. The normalized spacial score (nSPS) is 10.9. The Morgan fingerprint density at radius 2 is 1.68 bits per heavy atom. The molecule has 0 spiro atoms. The SMILES string of the molecule is ClC(Cl)=CCOc1cc(Cl)c(OCCCCOCC=NOCCCCc2ccccn2)c(Cl)c1. The van der Waals surface area contributed by atoms with E-state index in [0.717, 1.165) is 37.8 Å². The number of ether oxygens (including phenoxy) is 3. The van der Waals surface area contributed by atoms with Gasteiger partial charge >= 0.3 is 0 Å². The maximum absolute atomic E-state index is 6.24. The minimum atomic E-state index is 0.130. The summed E-state index contributed by atoms with van der Waals surface area (Å²) in [6.45, 7) is 2.24. The van der Waals surface area contributed by atoms with Crippen LogP contribution in [-0.2, 0) is 16.0 Å². The van der Waals surface area contributed by atoms with Crippen molar-refractivity contribution in [3.63, 3.8) is 0 Å². The fourth-order valence-electron chi connectivity index (χ4n) is 2.73. The molecule has 2 aromatic rings. The predicted octanol–water partition coefficient (Wildman–Crippen LogP) is 7.29. The molecule has 1 aromatic carbocycles. The maximum Gasteiger partial charge on any atom is 0.156 e. The van der Waals surface area contributed by atoms with Crippen LogP contribution in [0, 0.1) is 0 Å². The van der Waals surface area contributed by atoms with Crippen LogP contribution in [0.4, 0.5) is 0 Å². The molecule has 0 bridgehead atoms. The molecule has 0 N–H and O–H groups in total. The van der Waals surface area contributed by atoms with Gasteiger partial charge in [0.05, 0.1) is 29.5 Å². The van der Waals surface area contributed by atoms with Crippen molar-refractivity contribution in [2.45, 2.75) is 32.1 Å². The van der Waals surface area contributed by atoms with E-state index >= 15 is 0 Å². The number of benzene rings is 1. The molecule has 0 aliphatic heterocycles. The van der Waals surface area contributed by atoms with Crippen molar-refractivity contribution in [1.82, 2.24) is 4.98 Å². The molecule has 1 aromatic heterocycles. The van der Waals surface area contributed by atoms with Crippen molar-refractivity contribution in [2.75, 3.05) is 33.0 Å². The number of aromatic nitrogens is 1. The van der Waals surface area contributed by atoms with Crippen molar-refractivity contribution in [2.24, 2.45) is 5.16 Å². The maximum atomic E-state index is 6.24. The van der Waals surface area contributed by atoms with Crippen LogP contribution in [0.2, 0.25) is 10.0 Å². The molecule has 10 heteroatoms. The van der Waals surface area contributed by atoms with Crippen molar-refractivity contribution in [3.05, 3.63) is 62.8 Å². The smallest absolute Gasteiger partial charge is 0.156 e. The summed E-state index contributed by atoms with van der Waals surface area (Å²) < 4.78 is 16.8. The highest BCUT2D eigenvalue weighted by molar-refractivity contribution is 6.55. The van der Waals surface area contributed by atoms with E-state index < -0.39 is 0 Å². The fourth-order valence-corrected chi connectivity index (χ4v) is 3.43. The second-order valence-corrected chi connectivity index (χ2v) is 8.87. The average molecular weight is 550 g/mol. The Kier molecular flexibility index (Phi) is 14.9. The van der Waals surface area contributed by atoms with Crippen molar-refractivity contribution in [1.29, 1.82) is 0 Å². The van der Waals surface area contributed by atoms with E-state index in [2.05, 4.69) is 10.1 Å². The molecule has 0 unspecified atom stereocenters. The van der Waals surface area contributed by atoms with Crippen LogP contribution in [0.5, 0.6) is 11.5 Å². The van der Waals surface area contributed by atoms with Gasteiger partial charge in [-0.3, -0.25) is 4.98 Å². The van der Waals surface area contributed by atoms with Gasteiger partial charge in [-0.1, -0.05) is 57.6 Å². The Morgan fingerprint density at radius 1 is 0.912 bits per heavy atom. The van der Waals surface area contributed by atoms with Crippen LogP contribution in [0.25, 0.3) is 0 Å². The zero-order chi connectivity index (χ0) is 24.4. The molecule has 0 fully saturated rings.